The van der Waals surface area contributed by atoms with E-state index in [-0.39, 0.29) is 34.4 Å². The molecule has 3 rings (SSSR count). The average molecular weight is 302 g/mol. The van der Waals surface area contributed by atoms with E-state index >= 15 is 0 Å². The highest BCUT2D eigenvalue weighted by atomic mass is 32.2. The van der Waals surface area contributed by atoms with Gasteiger partial charge in [-0.1, -0.05) is 11.8 Å². The summed E-state index contributed by atoms with van der Waals surface area (Å²) in [5.41, 5.74) is 0.171. The van der Waals surface area contributed by atoms with Crippen molar-refractivity contribution in [2.45, 2.75) is 42.6 Å². The van der Waals surface area contributed by atoms with Gasteiger partial charge in [0.05, 0.1) is 12.7 Å². The Morgan fingerprint density at radius 2 is 2.25 bits per heavy atom. The van der Waals surface area contributed by atoms with Gasteiger partial charge < -0.3 is 9.47 Å². The minimum Gasteiger partial charge on any atom is -0.343 e. The molecule has 2 aliphatic heterocycles. The second kappa shape index (κ2) is 5.34. The molecule has 2 bridgehead atoms. The predicted molar refractivity (Wildman–Crippen MR) is 65.6 cm³/mol. The summed E-state index contributed by atoms with van der Waals surface area (Å²) >= 11 is 1.19. The number of carbonyl (C=O) groups is 1. The van der Waals surface area contributed by atoms with E-state index in [1.54, 1.807) is 6.92 Å². The molecule has 3 heterocycles. The Hall–Kier alpha value is -1.12. The Bertz CT molecular complexity index is 543. The third-order valence-corrected chi connectivity index (χ3v) is 4.29. The van der Waals surface area contributed by atoms with Crippen LogP contribution in [0.15, 0.2) is 11.2 Å². The second-order valence-electron chi connectivity index (χ2n) is 4.68. The van der Waals surface area contributed by atoms with E-state index in [1.807, 2.05) is 0 Å². The number of alkyl halides is 2. The first-order chi connectivity index (χ1) is 9.52. The third kappa shape index (κ3) is 2.68. The Kier molecular flexibility index (Phi) is 3.70. The molecular formula is C12H12F2N2O3S. The van der Waals surface area contributed by atoms with Gasteiger partial charge in [0.2, 0.25) is 6.29 Å². The second-order valence-corrected chi connectivity index (χ2v) is 5.89. The summed E-state index contributed by atoms with van der Waals surface area (Å²) in [4.78, 5) is 19.6. The summed E-state index contributed by atoms with van der Waals surface area (Å²) in [5.74, 6) is -0.127. The van der Waals surface area contributed by atoms with Crippen LogP contribution >= 0.6 is 11.8 Å². The molecule has 1 aromatic rings. The molecule has 8 heteroatoms. The van der Waals surface area contributed by atoms with Crippen molar-refractivity contribution in [1.29, 1.82) is 0 Å². The first-order valence-electron chi connectivity index (χ1n) is 6.13. The van der Waals surface area contributed by atoms with Crippen molar-refractivity contribution in [2.24, 2.45) is 0 Å². The molecule has 0 spiro atoms. The van der Waals surface area contributed by atoms with Gasteiger partial charge in [-0.2, -0.15) is 0 Å². The van der Waals surface area contributed by atoms with E-state index < -0.39 is 12.7 Å². The van der Waals surface area contributed by atoms with Gasteiger partial charge in [-0.3, -0.25) is 4.79 Å². The molecule has 3 atom stereocenters. The third-order valence-electron chi connectivity index (χ3n) is 3.12. The van der Waals surface area contributed by atoms with Gasteiger partial charge in [-0.15, -0.1) is 0 Å². The van der Waals surface area contributed by atoms with Crippen LogP contribution in [0.2, 0.25) is 0 Å². The summed E-state index contributed by atoms with van der Waals surface area (Å²) in [6, 6.07) is 1.26. The topological polar surface area (TPSA) is 61.3 Å². The largest absolute Gasteiger partial charge is 0.343 e. The molecule has 108 valence electrons. The number of carbonyl (C=O) groups excluding carboxylic acids is 1. The van der Waals surface area contributed by atoms with Crippen LogP contribution in [-0.4, -0.2) is 40.0 Å². The van der Waals surface area contributed by atoms with E-state index in [0.717, 1.165) is 0 Å². The van der Waals surface area contributed by atoms with Crippen LogP contribution < -0.4 is 0 Å². The fraction of sp³-hybridized carbons (Fsp3) is 0.583. The first-order valence-corrected chi connectivity index (χ1v) is 7.01. The first kappa shape index (κ1) is 13.8. The predicted octanol–water partition coefficient (Wildman–Crippen LogP) is 1.90. The molecule has 2 fully saturated rings. The lowest BCUT2D eigenvalue weighted by Crippen LogP contribution is -2.37. The fourth-order valence-electron chi connectivity index (χ4n) is 2.19. The minimum absolute atomic E-state index is 0.127. The molecule has 2 saturated heterocycles. The molecule has 0 unspecified atom stereocenters. The molecular weight excluding hydrogens is 290 g/mol. The summed E-state index contributed by atoms with van der Waals surface area (Å²) in [5, 5.41) is 0.0422. The monoisotopic (exact) mass is 302 g/mol. The molecule has 0 saturated carbocycles. The fourth-order valence-corrected chi connectivity index (χ4v) is 3.36. The maximum absolute atomic E-state index is 12.7. The van der Waals surface area contributed by atoms with Crippen LogP contribution in [0.3, 0.4) is 0 Å². The SMILES string of the molecule is Cc1cc(C(F)F)nc(S[C@H]2CC(=O)[C@H]3OC[C@@H]2O3)n1. The van der Waals surface area contributed by atoms with Gasteiger partial charge in [-0.05, 0) is 13.0 Å². The number of ether oxygens (including phenoxy) is 2. The summed E-state index contributed by atoms with van der Waals surface area (Å²) in [6.45, 7) is 1.97. The maximum Gasteiger partial charge on any atom is 0.280 e. The van der Waals surface area contributed by atoms with Crippen molar-refractivity contribution in [3.63, 3.8) is 0 Å². The summed E-state index contributed by atoms with van der Waals surface area (Å²) in [7, 11) is 0. The molecule has 0 aromatic carbocycles. The van der Waals surface area contributed by atoms with Crippen molar-refractivity contribution >= 4 is 17.5 Å². The number of thioether (sulfide) groups is 1. The van der Waals surface area contributed by atoms with Gasteiger partial charge in [0, 0.05) is 17.4 Å². The Labute approximate surface area is 118 Å². The zero-order valence-corrected chi connectivity index (χ0v) is 11.4. The molecule has 2 aliphatic rings. The van der Waals surface area contributed by atoms with Crippen LogP contribution in [0.25, 0.3) is 0 Å². The average Bonchev–Trinajstić information content (AvgIpc) is 2.81. The number of aryl methyl sites for hydroxylation is 1. The van der Waals surface area contributed by atoms with Crippen LogP contribution in [0.5, 0.6) is 0 Å². The van der Waals surface area contributed by atoms with Gasteiger partial charge in [0.25, 0.3) is 6.43 Å². The maximum atomic E-state index is 12.7. The van der Waals surface area contributed by atoms with Crippen molar-refractivity contribution in [2.75, 3.05) is 6.61 Å². The van der Waals surface area contributed by atoms with Crippen LogP contribution in [0, 0.1) is 6.92 Å². The molecule has 5 nitrogen and oxygen atoms in total. The number of rotatable bonds is 3. The number of fused-ring (bicyclic) bond motifs is 2. The highest BCUT2D eigenvalue weighted by Gasteiger charge is 2.43. The number of nitrogens with zero attached hydrogens (tertiary/aromatic N) is 2. The number of ketones is 1. The quantitative estimate of drug-likeness (QED) is 0.795. The summed E-state index contributed by atoms with van der Waals surface area (Å²) < 4.78 is 36.0. The van der Waals surface area contributed by atoms with Crippen LogP contribution in [-0.2, 0) is 14.3 Å². The highest BCUT2D eigenvalue weighted by molar-refractivity contribution is 7.99. The van der Waals surface area contributed by atoms with Crippen molar-refractivity contribution in [3.8, 4) is 0 Å². The van der Waals surface area contributed by atoms with Crippen molar-refractivity contribution < 1.29 is 23.0 Å². The van der Waals surface area contributed by atoms with Crippen molar-refractivity contribution in [1.82, 2.24) is 9.97 Å². The smallest absolute Gasteiger partial charge is 0.280 e. The molecule has 20 heavy (non-hydrogen) atoms. The standard InChI is InChI=1S/C12H12F2N2O3S/c1-5-2-6(10(13)14)16-12(15-5)20-9-3-7(17)11-18-4-8(9)19-11/h2,8-11H,3-4H2,1H3/t8-,9-,11-/m0/s1. The van der Waals surface area contributed by atoms with E-state index in [9.17, 15) is 13.6 Å². The minimum atomic E-state index is -2.64. The van der Waals surface area contributed by atoms with Crippen LogP contribution in [0.4, 0.5) is 8.78 Å². The Morgan fingerprint density at radius 3 is 3.00 bits per heavy atom. The summed E-state index contributed by atoms with van der Waals surface area (Å²) in [6.07, 6.45) is -3.34. The van der Waals surface area contributed by atoms with E-state index in [0.29, 0.717) is 12.3 Å². The molecule has 0 aliphatic carbocycles. The number of halogens is 2. The molecule has 0 radical (unpaired) electrons. The van der Waals surface area contributed by atoms with Gasteiger partial charge >= 0.3 is 0 Å². The lowest BCUT2D eigenvalue weighted by atomic mass is 10.1. The zero-order valence-electron chi connectivity index (χ0n) is 10.6. The van der Waals surface area contributed by atoms with Gasteiger partial charge in [0.1, 0.15) is 5.69 Å². The number of hydrogen-bond acceptors (Lipinski definition) is 6. The van der Waals surface area contributed by atoms with E-state index in [2.05, 4.69) is 9.97 Å². The number of Topliss-reactive ketones (excluding diaryl/α,β-unsaturated/α-hetero) is 1. The Morgan fingerprint density at radius 1 is 1.45 bits per heavy atom. The Balaban J connectivity index is 1.79. The lowest BCUT2D eigenvalue weighted by Gasteiger charge is -2.25. The highest BCUT2D eigenvalue weighted by Crippen LogP contribution is 2.35. The molecule has 0 N–H and O–H groups in total. The van der Waals surface area contributed by atoms with Crippen molar-refractivity contribution in [3.05, 3.63) is 17.5 Å². The number of aromatic nitrogens is 2. The lowest BCUT2D eigenvalue weighted by molar-refractivity contribution is -0.151. The van der Waals surface area contributed by atoms with Gasteiger partial charge in [-0.25, -0.2) is 18.7 Å². The normalized spacial score (nSPS) is 29.2. The molecule has 0 amide bonds. The van der Waals surface area contributed by atoms with Gasteiger partial charge in [0.15, 0.2) is 10.9 Å². The van der Waals surface area contributed by atoms with E-state index in [4.69, 9.17) is 9.47 Å². The zero-order chi connectivity index (χ0) is 14.3. The molecule has 1 aromatic heterocycles. The van der Waals surface area contributed by atoms with E-state index in [1.165, 1.54) is 17.8 Å². The van der Waals surface area contributed by atoms with Crippen LogP contribution in [0.1, 0.15) is 24.2 Å². The number of hydrogen-bond donors (Lipinski definition) is 0.